The number of hydrogen-bond donors (Lipinski definition) is 1. The Balaban J connectivity index is 2.05. The minimum atomic E-state index is 0.443. The van der Waals surface area contributed by atoms with Gasteiger partial charge in [0.15, 0.2) is 0 Å². The molecular weight excluding hydrogens is 242 g/mol. The standard InChI is InChI=1S/C12H16ClNOS/c1-14-10-6-7-15-8-12(10)16-11-5-3-2-4-9(11)13/h2-5,10,12,14H,6-8H2,1H3. The van der Waals surface area contributed by atoms with Crippen LogP contribution in [-0.2, 0) is 4.74 Å². The van der Waals surface area contributed by atoms with Gasteiger partial charge in [0.1, 0.15) is 0 Å². The van der Waals surface area contributed by atoms with E-state index in [0.717, 1.165) is 29.6 Å². The molecule has 1 aliphatic rings. The van der Waals surface area contributed by atoms with E-state index in [1.54, 1.807) is 11.8 Å². The molecule has 0 spiro atoms. The van der Waals surface area contributed by atoms with Gasteiger partial charge >= 0.3 is 0 Å². The minimum absolute atomic E-state index is 0.443. The highest BCUT2D eigenvalue weighted by Gasteiger charge is 2.25. The topological polar surface area (TPSA) is 21.3 Å². The van der Waals surface area contributed by atoms with Crippen LogP contribution in [0.15, 0.2) is 29.2 Å². The zero-order valence-corrected chi connectivity index (χ0v) is 10.9. The third kappa shape index (κ3) is 2.92. The molecule has 1 aromatic rings. The normalized spacial score (nSPS) is 25.6. The summed E-state index contributed by atoms with van der Waals surface area (Å²) in [7, 11) is 2.01. The molecule has 0 bridgehead atoms. The van der Waals surface area contributed by atoms with E-state index in [1.165, 1.54) is 0 Å². The van der Waals surface area contributed by atoms with Crippen LogP contribution in [0, 0.1) is 0 Å². The van der Waals surface area contributed by atoms with Gasteiger partial charge in [0.2, 0.25) is 0 Å². The molecule has 16 heavy (non-hydrogen) atoms. The van der Waals surface area contributed by atoms with Crippen molar-refractivity contribution in [3.8, 4) is 0 Å². The number of thioether (sulfide) groups is 1. The van der Waals surface area contributed by atoms with Crippen LogP contribution in [0.25, 0.3) is 0 Å². The third-order valence-electron chi connectivity index (χ3n) is 2.79. The molecule has 1 aromatic carbocycles. The number of rotatable bonds is 3. The lowest BCUT2D eigenvalue weighted by molar-refractivity contribution is 0.0851. The van der Waals surface area contributed by atoms with Crippen molar-refractivity contribution in [3.05, 3.63) is 29.3 Å². The van der Waals surface area contributed by atoms with Crippen molar-refractivity contribution in [2.24, 2.45) is 0 Å². The summed E-state index contributed by atoms with van der Waals surface area (Å²) in [6.45, 7) is 1.65. The molecule has 1 heterocycles. The first kappa shape index (κ1) is 12.2. The second-order valence-electron chi connectivity index (χ2n) is 3.85. The molecule has 0 aromatic heterocycles. The fourth-order valence-electron chi connectivity index (χ4n) is 1.86. The highest BCUT2D eigenvalue weighted by Crippen LogP contribution is 2.33. The number of benzene rings is 1. The van der Waals surface area contributed by atoms with E-state index in [0.29, 0.717) is 11.3 Å². The molecule has 0 amide bonds. The molecule has 4 heteroatoms. The predicted octanol–water partition coefficient (Wildman–Crippen LogP) is 2.81. The Morgan fingerprint density at radius 1 is 1.44 bits per heavy atom. The van der Waals surface area contributed by atoms with Gasteiger partial charge in [0.05, 0.1) is 11.6 Å². The van der Waals surface area contributed by atoms with Gasteiger partial charge in [0, 0.05) is 22.8 Å². The zero-order chi connectivity index (χ0) is 11.4. The van der Waals surface area contributed by atoms with E-state index in [2.05, 4.69) is 11.4 Å². The second-order valence-corrected chi connectivity index (χ2v) is 5.53. The largest absolute Gasteiger partial charge is 0.380 e. The molecule has 0 aliphatic carbocycles. The number of halogens is 1. The van der Waals surface area contributed by atoms with Crippen LogP contribution in [0.2, 0.25) is 5.02 Å². The van der Waals surface area contributed by atoms with Gasteiger partial charge in [-0.1, -0.05) is 23.7 Å². The molecule has 0 radical (unpaired) electrons. The van der Waals surface area contributed by atoms with Crippen LogP contribution < -0.4 is 5.32 Å². The first-order chi connectivity index (χ1) is 7.81. The van der Waals surface area contributed by atoms with Crippen LogP contribution in [-0.4, -0.2) is 31.6 Å². The summed E-state index contributed by atoms with van der Waals surface area (Å²) >= 11 is 7.96. The Bertz CT molecular complexity index is 348. The summed E-state index contributed by atoms with van der Waals surface area (Å²) in [4.78, 5) is 1.14. The van der Waals surface area contributed by atoms with Gasteiger partial charge in [-0.3, -0.25) is 0 Å². The van der Waals surface area contributed by atoms with Crippen LogP contribution in [0.5, 0.6) is 0 Å². The van der Waals surface area contributed by atoms with Crippen molar-refractivity contribution in [2.75, 3.05) is 20.3 Å². The average molecular weight is 258 g/mol. The van der Waals surface area contributed by atoms with E-state index < -0.39 is 0 Å². The molecule has 2 atom stereocenters. The van der Waals surface area contributed by atoms with E-state index in [4.69, 9.17) is 16.3 Å². The van der Waals surface area contributed by atoms with Gasteiger partial charge in [-0.25, -0.2) is 0 Å². The van der Waals surface area contributed by atoms with Gasteiger partial charge in [-0.05, 0) is 25.6 Å². The predicted molar refractivity (Wildman–Crippen MR) is 69.4 cm³/mol. The van der Waals surface area contributed by atoms with Crippen LogP contribution >= 0.6 is 23.4 Å². The lowest BCUT2D eigenvalue weighted by Gasteiger charge is -2.30. The third-order valence-corrected chi connectivity index (χ3v) is 4.61. The fraction of sp³-hybridized carbons (Fsp3) is 0.500. The zero-order valence-electron chi connectivity index (χ0n) is 9.28. The molecule has 1 fully saturated rings. The highest BCUT2D eigenvalue weighted by molar-refractivity contribution is 8.00. The Kier molecular flexibility index (Phi) is 4.53. The van der Waals surface area contributed by atoms with E-state index in [-0.39, 0.29) is 0 Å². The highest BCUT2D eigenvalue weighted by atomic mass is 35.5. The second kappa shape index (κ2) is 5.92. The van der Waals surface area contributed by atoms with Gasteiger partial charge < -0.3 is 10.1 Å². The SMILES string of the molecule is CNC1CCOCC1Sc1ccccc1Cl. The van der Waals surface area contributed by atoms with Crippen molar-refractivity contribution < 1.29 is 4.74 Å². The molecule has 2 nitrogen and oxygen atoms in total. The van der Waals surface area contributed by atoms with Crippen LogP contribution in [0.1, 0.15) is 6.42 Å². The Morgan fingerprint density at radius 3 is 3.00 bits per heavy atom. The van der Waals surface area contributed by atoms with Crippen molar-refractivity contribution in [1.29, 1.82) is 0 Å². The minimum Gasteiger partial charge on any atom is -0.380 e. The van der Waals surface area contributed by atoms with E-state index in [1.807, 2.05) is 25.2 Å². The molecule has 1 aliphatic heterocycles. The summed E-state index contributed by atoms with van der Waals surface area (Å²) in [5.74, 6) is 0. The monoisotopic (exact) mass is 257 g/mol. The Labute approximate surface area is 106 Å². The molecule has 2 rings (SSSR count). The molecular formula is C12H16ClNOS. The number of hydrogen-bond acceptors (Lipinski definition) is 3. The van der Waals surface area contributed by atoms with Gasteiger partial charge in [0.25, 0.3) is 0 Å². The molecule has 1 N–H and O–H groups in total. The maximum Gasteiger partial charge on any atom is 0.0603 e. The number of ether oxygens (including phenoxy) is 1. The maximum absolute atomic E-state index is 6.15. The first-order valence-electron chi connectivity index (χ1n) is 5.47. The van der Waals surface area contributed by atoms with Crippen molar-refractivity contribution in [1.82, 2.24) is 5.32 Å². The smallest absolute Gasteiger partial charge is 0.0603 e. The van der Waals surface area contributed by atoms with Gasteiger partial charge in [-0.15, -0.1) is 11.8 Å². The number of nitrogens with one attached hydrogen (secondary N) is 1. The molecule has 88 valence electrons. The maximum atomic E-state index is 6.15. The van der Waals surface area contributed by atoms with Crippen LogP contribution in [0.4, 0.5) is 0 Å². The summed E-state index contributed by atoms with van der Waals surface area (Å²) in [5.41, 5.74) is 0. The van der Waals surface area contributed by atoms with Crippen LogP contribution in [0.3, 0.4) is 0 Å². The summed E-state index contributed by atoms with van der Waals surface area (Å²) < 4.78 is 5.52. The summed E-state index contributed by atoms with van der Waals surface area (Å²) in [5, 5.41) is 4.62. The van der Waals surface area contributed by atoms with E-state index in [9.17, 15) is 0 Å². The average Bonchev–Trinajstić information content (AvgIpc) is 2.33. The first-order valence-corrected chi connectivity index (χ1v) is 6.73. The Hall–Kier alpha value is -0.220. The molecule has 0 saturated carbocycles. The lowest BCUT2D eigenvalue weighted by atomic mass is 10.1. The quantitative estimate of drug-likeness (QED) is 0.900. The Morgan fingerprint density at radius 2 is 2.25 bits per heavy atom. The molecule has 1 saturated heterocycles. The van der Waals surface area contributed by atoms with Gasteiger partial charge in [-0.2, -0.15) is 0 Å². The summed E-state index contributed by atoms with van der Waals surface area (Å²) in [6, 6.07) is 8.48. The molecule has 2 unspecified atom stereocenters. The fourth-order valence-corrected chi connectivity index (χ4v) is 3.40. The van der Waals surface area contributed by atoms with Crippen molar-refractivity contribution >= 4 is 23.4 Å². The summed E-state index contributed by atoms with van der Waals surface area (Å²) in [6.07, 6.45) is 1.07. The van der Waals surface area contributed by atoms with E-state index >= 15 is 0 Å². The lowest BCUT2D eigenvalue weighted by Crippen LogP contribution is -2.43. The van der Waals surface area contributed by atoms with Crippen molar-refractivity contribution in [3.63, 3.8) is 0 Å². The van der Waals surface area contributed by atoms with Crippen molar-refractivity contribution in [2.45, 2.75) is 22.6 Å².